The summed E-state index contributed by atoms with van der Waals surface area (Å²) in [5, 5.41) is 0. The maximum absolute atomic E-state index is 10.5. The van der Waals surface area contributed by atoms with Crippen LogP contribution in [0.4, 0.5) is 0 Å². The Kier molecular flexibility index (Phi) is 3.71. The number of allylic oxidation sites excluding steroid dienone is 2. The van der Waals surface area contributed by atoms with Crippen molar-refractivity contribution >= 4 is 6.29 Å². The molecule has 1 aliphatic carbocycles. The summed E-state index contributed by atoms with van der Waals surface area (Å²) < 4.78 is 0. The van der Waals surface area contributed by atoms with Crippen LogP contribution in [0.1, 0.15) is 40.0 Å². The number of rotatable bonds is 3. The Morgan fingerprint density at radius 3 is 2.85 bits per heavy atom. The van der Waals surface area contributed by atoms with Crippen LogP contribution in [0.25, 0.3) is 0 Å². The quantitative estimate of drug-likeness (QED) is 0.481. The third kappa shape index (κ3) is 2.68. The molecule has 0 saturated carbocycles. The summed E-state index contributed by atoms with van der Waals surface area (Å²) in [6.07, 6.45) is 6.51. The van der Waals surface area contributed by atoms with Crippen LogP contribution in [0.3, 0.4) is 0 Å². The molecule has 0 aromatic heterocycles. The van der Waals surface area contributed by atoms with E-state index in [0.717, 1.165) is 18.1 Å². The highest BCUT2D eigenvalue weighted by Gasteiger charge is 2.23. The first-order valence-electron chi connectivity index (χ1n) is 5.25. The van der Waals surface area contributed by atoms with Crippen LogP contribution in [0.2, 0.25) is 0 Å². The van der Waals surface area contributed by atoms with Crippen molar-refractivity contribution in [2.75, 3.05) is 0 Å². The Hall–Kier alpha value is -0.590. The highest BCUT2D eigenvalue weighted by molar-refractivity contribution is 5.50. The van der Waals surface area contributed by atoms with Crippen LogP contribution in [0.5, 0.6) is 0 Å². The molecule has 0 aromatic carbocycles. The van der Waals surface area contributed by atoms with Crippen molar-refractivity contribution in [1.82, 2.24) is 0 Å². The zero-order valence-electron chi connectivity index (χ0n) is 8.92. The van der Waals surface area contributed by atoms with Crippen molar-refractivity contribution in [1.29, 1.82) is 0 Å². The number of hydrogen-bond donors (Lipinski definition) is 0. The molecule has 0 radical (unpaired) electrons. The molecule has 0 spiro atoms. The highest BCUT2D eigenvalue weighted by Crippen LogP contribution is 2.34. The molecule has 0 fully saturated rings. The summed E-state index contributed by atoms with van der Waals surface area (Å²) in [5.41, 5.74) is 1.42. The molecule has 1 rings (SSSR count). The first kappa shape index (κ1) is 10.5. The molecule has 0 aromatic rings. The normalized spacial score (nSPS) is 28.8. The minimum absolute atomic E-state index is 0.527. The molecular weight excluding hydrogens is 160 g/mol. The van der Waals surface area contributed by atoms with Crippen molar-refractivity contribution in [3.8, 4) is 0 Å². The molecule has 0 N–H and O–H groups in total. The predicted molar refractivity (Wildman–Crippen MR) is 55.5 cm³/mol. The maximum atomic E-state index is 10.5. The van der Waals surface area contributed by atoms with E-state index in [0.29, 0.717) is 12.3 Å². The van der Waals surface area contributed by atoms with Gasteiger partial charge in [0.25, 0.3) is 0 Å². The van der Waals surface area contributed by atoms with Crippen molar-refractivity contribution in [2.45, 2.75) is 40.0 Å². The van der Waals surface area contributed by atoms with Gasteiger partial charge in [0.05, 0.1) is 0 Å². The Morgan fingerprint density at radius 1 is 1.62 bits per heavy atom. The van der Waals surface area contributed by atoms with E-state index in [1.807, 2.05) is 0 Å². The standard InChI is InChI=1S/C12H20O/c1-9(2)11-5-4-10(3)12(8-11)6-7-13/h4,7,9,11-12H,5-6,8H2,1-3H3. The lowest BCUT2D eigenvalue weighted by Crippen LogP contribution is -2.19. The van der Waals surface area contributed by atoms with Gasteiger partial charge in [-0.15, -0.1) is 0 Å². The fraction of sp³-hybridized carbons (Fsp3) is 0.750. The first-order chi connectivity index (χ1) is 6.15. The fourth-order valence-electron chi connectivity index (χ4n) is 2.09. The summed E-state index contributed by atoms with van der Waals surface area (Å²) in [6, 6.07) is 0. The van der Waals surface area contributed by atoms with Gasteiger partial charge in [-0.25, -0.2) is 0 Å². The van der Waals surface area contributed by atoms with Crippen molar-refractivity contribution in [2.24, 2.45) is 17.8 Å². The number of carbonyl (C=O) groups excluding carboxylic acids is 1. The van der Waals surface area contributed by atoms with Crippen LogP contribution in [0, 0.1) is 17.8 Å². The fourth-order valence-corrected chi connectivity index (χ4v) is 2.09. The molecule has 74 valence electrons. The summed E-state index contributed by atoms with van der Waals surface area (Å²) >= 11 is 0. The zero-order valence-corrected chi connectivity index (χ0v) is 8.92. The van der Waals surface area contributed by atoms with E-state index in [-0.39, 0.29) is 0 Å². The molecule has 2 atom stereocenters. The summed E-state index contributed by atoms with van der Waals surface area (Å²) in [6.45, 7) is 6.71. The maximum Gasteiger partial charge on any atom is 0.120 e. The molecule has 1 heteroatoms. The second kappa shape index (κ2) is 4.59. The summed E-state index contributed by atoms with van der Waals surface area (Å²) in [5.74, 6) is 2.06. The molecule has 0 aliphatic heterocycles. The lowest BCUT2D eigenvalue weighted by molar-refractivity contribution is -0.108. The van der Waals surface area contributed by atoms with Crippen LogP contribution in [-0.2, 0) is 4.79 Å². The van der Waals surface area contributed by atoms with E-state index in [2.05, 4.69) is 26.8 Å². The second-order valence-corrected chi connectivity index (χ2v) is 4.52. The van der Waals surface area contributed by atoms with E-state index < -0.39 is 0 Å². The van der Waals surface area contributed by atoms with Gasteiger partial charge in [-0.1, -0.05) is 25.5 Å². The highest BCUT2D eigenvalue weighted by atomic mass is 16.1. The average molecular weight is 180 g/mol. The van der Waals surface area contributed by atoms with E-state index in [1.54, 1.807) is 0 Å². The van der Waals surface area contributed by atoms with Gasteiger partial charge in [0.15, 0.2) is 0 Å². The Bertz CT molecular complexity index is 203. The molecule has 0 bridgehead atoms. The first-order valence-corrected chi connectivity index (χ1v) is 5.25. The van der Waals surface area contributed by atoms with Crippen LogP contribution < -0.4 is 0 Å². The molecule has 13 heavy (non-hydrogen) atoms. The molecule has 2 unspecified atom stereocenters. The molecule has 0 saturated heterocycles. The molecule has 1 nitrogen and oxygen atoms in total. The minimum Gasteiger partial charge on any atom is -0.303 e. The van der Waals surface area contributed by atoms with Crippen LogP contribution in [0.15, 0.2) is 11.6 Å². The van der Waals surface area contributed by atoms with E-state index in [9.17, 15) is 4.79 Å². The number of hydrogen-bond acceptors (Lipinski definition) is 1. The largest absolute Gasteiger partial charge is 0.303 e. The summed E-state index contributed by atoms with van der Waals surface area (Å²) in [7, 11) is 0. The molecular formula is C12H20O. The minimum atomic E-state index is 0.527. The Labute approximate surface area is 81.2 Å². The number of aldehydes is 1. The van der Waals surface area contributed by atoms with Gasteiger partial charge in [-0.2, -0.15) is 0 Å². The van der Waals surface area contributed by atoms with Gasteiger partial charge < -0.3 is 4.79 Å². The van der Waals surface area contributed by atoms with Gasteiger partial charge >= 0.3 is 0 Å². The Balaban J connectivity index is 2.59. The van der Waals surface area contributed by atoms with Crippen molar-refractivity contribution in [3.05, 3.63) is 11.6 Å². The van der Waals surface area contributed by atoms with Gasteiger partial charge in [0.2, 0.25) is 0 Å². The Morgan fingerprint density at radius 2 is 2.31 bits per heavy atom. The van der Waals surface area contributed by atoms with E-state index in [4.69, 9.17) is 0 Å². The monoisotopic (exact) mass is 180 g/mol. The van der Waals surface area contributed by atoms with Gasteiger partial charge in [0, 0.05) is 6.42 Å². The lowest BCUT2D eigenvalue weighted by Gasteiger charge is -2.29. The molecule has 0 amide bonds. The third-order valence-electron chi connectivity index (χ3n) is 3.30. The summed E-state index contributed by atoms with van der Waals surface area (Å²) in [4.78, 5) is 10.5. The van der Waals surface area contributed by atoms with E-state index >= 15 is 0 Å². The third-order valence-corrected chi connectivity index (χ3v) is 3.30. The molecule has 0 heterocycles. The predicted octanol–water partition coefficient (Wildman–Crippen LogP) is 3.20. The second-order valence-electron chi connectivity index (χ2n) is 4.52. The van der Waals surface area contributed by atoms with Crippen molar-refractivity contribution < 1.29 is 4.79 Å². The SMILES string of the molecule is CC1=CCC(C(C)C)CC1CC=O. The van der Waals surface area contributed by atoms with Crippen LogP contribution >= 0.6 is 0 Å². The van der Waals surface area contributed by atoms with Gasteiger partial charge in [-0.05, 0) is 37.5 Å². The smallest absolute Gasteiger partial charge is 0.120 e. The molecule has 1 aliphatic rings. The average Bonchev–Trinajstić information content (AvgIpc) is 2.08. The van der Waals surface area contributed by atoms with Gasteiger partial charge in [-0.3, -0.25) is 0 Å². The zero-order chi connectivity index (χ0) is 9.84. The van der Waals surface area contributed by atoms with E-state index in [1.165, 1.54) is 18.4 Å². The van der Waals surface area contributed by atoms with Gasteiger partial charge in [0.1, 0.15) is 6.29 Å². The number of carbonyl (C=O) groups is 1. The van der Waals surface area contributed by atoms with Crippen molar-refractivity contribution in [3.63, 3.8) is 0 Å². The lowest BCUT2D eigenvalue weighted by atomic mass is 9.76. The van der Waals surface area contributed by atoms with Crippen LogP contribution in [-0.4, -0.2) is 6.29 Å². The topological polar surface area (TPSA) is 17.1 Å².